The van der Waals surface area contributed by atoms with Crippen LogP contribution in [-0.2, 0) is 11.2 Å². The Kier molecular flexibility index (Phi) is 6.86. The number of carbonyl (C=O) groups is 1. The molecule has 1 amide bonds. The van der Waals surface area contributed by atoms with Gasteiger partial charge in [-0.15, -0.1) is 11.3 Å². The van der Waals surface area contributed by atoms with Crippen molar-refractivity contribution in [3.8, 4) is 0 Å². The van der Waals surface area contributed by atoms with Crippen LogP contribution in [0, 0.1) is 5.92 Å². The summed E-state index contributed by atoms with van der Waals surface area (Å²) in [7, 11) is 3.67. The highest BCUT2D eigenvalue weighted by Crippen LogP contribution is 2.20. The van der Waals surface area contributed by atoms with Crippen LogP contribution in [0.1, 0.15) is 35.0 Å². The van der Waals surface area contributed by atoms with Crippen LogP contribution >= 0.6 is 11.3 Å². The lowest BCUT2D eigenvalue weighted by Crippen LogP contribution is -2.33. The van der Waals surface area contributed by atoms with Gasteiger partial charge in [-0.1, -0.05) is 13.3 Å². The van der Waals surface area contributed by atoms with Crippen molar-refractivity contribution in [2.45, 2.75) is 26.2 Å². The Hall–Kier alpha value is -0.910. The maximum Gasteiger partial charge on any atom is 0.254 e. The van der Waals surface area contributed by atoms with Crippen molar-refractivity contribution in [3.63, 3.8) is 0 Å². The van der Waals surface area contributed by atoms with Gasteiger partial charge in [0.05, 0.1) is 12.2 Å². The third-order valence-corrected chi connectivity index (χ3v) is 5.25. The first-order chi connectivity index (χ1) is 10.6. The highest BCUT2D eigenvalue weighted by molar-refractivity contribution is 7.10. The van der Waals surface area contributed by atoms with Crippen molar-refractivity contribution in [1.29, 1.82) is 0 Å². The second-order valence-corrected chi connectivity index (χ2v) is 7.18. The lowest BCUT2D eigenvalue weighted by molar-refractivity contribution is 0.0772. The number of carbonyl (C=O) groups excluding carboxylic acids is 1. The van der Waals surface area contributed by atoms with E-state index in [0.29, 0.717) is 5.92 Å². The topological polar surface area (TPSA) is 32.8 Å². The van der Waals surface area contributed by atoms with Crippen LogP contribution in [0.25, 0.3) is 0 Å². The molecule has 1 atom stereocenters. The molecule has 0 saturated carbocycles. The molecule has 1 aliphatic rings. The first kappa shape index (κ1) is 17.4. The van der Waals surface area contributed by atoms with Gasteiger partial charge in [0.25, 0.3) is 5.91 Å². The van der Waals surface area contributed by atoms with Crippen molar-refractivity contribution in [3.05, 3.63) is 21.9 Å². The van der Waals surface area contributed by atoms with E-state index in [-0.39, 0.29) is 5.91 Å². The molecule has 22 heavy (non-hydrogen) atoms. The molecular weight excluding hydrogens is 296 g/mol. The number of nitrogens with zero attached hydrogens (tertiary/aromatic N) is 2. The maximum atomic E-state index is 12.5. The van der Waals surface area contributed by atoms with E-state index >= 15 is 0 Å². The van der Waals surface area contributed by atoms with Gasteiger partial charge in [0, 0.05) is 44.0 Å². The van der Waals surface area contributed by atoms with E-state index in [1.165, 1.54) is 11.3 Å². The number of likely N-dealkylation sites (tertiary alicyclic amines) is 1. The molecule has 124 valence electrons. The van der Waals surface area contributed by atoms with Crippen molar-refractivity contribution in [2.75, 3.05) is 46.9 Å². The van der Waals surface area contributed by atoms with Gasteiger partial charge in [-0.25, -0.2) is 0 Å². The van der Waals surface area contributed by atoms with Crippen LogP contribution in [0.5, 0.6) is 0 Å². The van der Waals surface area contributed by atoms with Gasteiger partial charge in [-0.05, 0) is 31.4 Å². The quantitative estimate of drug-likeness (QED) is 0.737. The van der Waals surface area contributed by atoms with Gasteiger partial charge in [0.1, 0.15) is 0 Å². The summed E-state index contributed by atoms with van der Waals surface area (Å²) in [6.45, 7) is 7.00. The molecule has 0 spiro atoms. The first-order valence-electron chi connectivity index (χ1n) is 8.18. The predicted molar refractivity (Wildman–Crippen MR) is 91.7 cm³/mol. The Morgan fingerprint density at radius 3 is 3.09 bits per heavy atom. The smallest absolute Gasteiger partial charge is 0.254 e. The molecule has 0 aromatic carbocycles. The SMILES string of the molecule is CCCc1cc(C(=O)N(C)C[C@H]2CCN(CCOC)C2)cs1. The number of hydrogen-bond acceptors (Lipinski definition) is 4. The Morgan fingerprint density at radius 2 is 2.36 bits per heavy atom. The van der Waals surface area contributed by atoms with Crippen LogP contribution < -0.4 is 0 Å². The molecule has 1 aromatic rings. The normalized spacial score (nSPS) is 18.8. The number of rotatable bonds is 8. The number of ether oxygens (including phenoxy) is 1. The van der Waals surface area contributed by atoms with Gasteiger partial charge < -0.3 is 14.5 Å². The van der Waals surface area contributed by atoms with E-state index in [1.807, 2.05) is 17.3 Å². The number of methoxy groups -OCH3 is 1. The largest absolute Gasteiger partial charge is 0.383 e. The van der Waals surface area contributed by atoms with Gasteiger partial charge >= 0.3 is 0 Å². The van der Waals surface area contributed by atoms with Gasteiger partial charge in [0.2, 0.25) is 0 Å². The van der Waals surface area contributed by atoms with Crippen LogP contribution in [0.15, 0.2) is 11.4 Å². The Labute approximate surface area is 138 Å². The number of aryl methyl sites for hydroxylation is 1. The van der Waals surface area contributed by atoms with E-state index in [2.05, 4.69) is 17.9 Å². The summed E-state index contributed by atoms with van der Waals surface area (Å²) in [6.07, 6.45) is 3.37. The molecule has 0 N–H and O–H groups in total. The number of thiophene rings is 1. The first-order valence-corrected chi connectivity index (χ1v) is 9.06. The third-order valence-electron chi connectivity index (χ3n) is 4.26. The lowest BCUT2D eigenvalue weighted by Gasteiger charge is -2.21. The number of hydrogen-bond donors (Lipinski definition) is 0. The molecular formula is C17H28N2O2S. The summed E-state index contributed by atoms with van der Waals surface area (Å²) in [6, 6.07) is 2.06. The molecule has 0 radical (unpaired) electrons. The zero-order valence-electron chi connectivity index (χ0n) is 14.0. The highest BCUT2D eigenvalue weighted by atomic mass is 32.1. The third kappa shape index (κ3) is 4.80. The van der Waals surface area contributed by atoms with Gasteiger partial charge in [-0.3, -0.25) is 4.79 Å². The lowest BCUT2D eigenvalue weighted by atomic mass is 10.1. The van der Waals surface area contributed by atoms with Crippen LogP contribution in [0.3, 0.4) is 0 Å². The standard InChI is InChI=1S/C17H28N2O2S/c1-4-5-16-10-15(13-22-16)17(20)18(2)11-14-6-7-19(12-14)8-9-21-3/h10,13-14H,4-9,11-12H2,1-3H3/t14-/m1/s1. The second-order valence-electron chi connectivity index (χ2n) is 6.19. The Balaban J connectivity index is 1.81. The minimum Gasteiger partial charge on any atom is -0.383 e. The zero-order valence-corrected chi connectivity index (χ0v) is 14.8. The van der Waals surface area contributed by atoms with Crippen LogP contribution in [0.2, 0.25) is 0 Å². The molecule has 2 rings (SSSR count). The summed E-state index contributed by atoms with van der Waals surface area (Å²) < 4.78 is 5.13. The van der Waals surface area contributed by atoms with Crippen molar-refractivity contribution in [2.24, 2.45) is 5.92 Å². The zero-order chi connectivity index (χ0) is 15.9. The summed E-state index contributed by atoms with van der Waals surface area (Å²) in [5, 5.41) is 2.00. The summed E-state index contributed by atoms with van der Waals surface area (Å²) in [5.74, 6) is 0.744. The molecule has 1 aromatic heterocycles. The minimum absolute atomic E-state index is 0.161. The second kappa shape index (κ2) is 8.65. The fourth-order valence-electron chi connectivity index (χ4n) is 3.05. The highest BCUT2D eigenvalue weighted by Gasteiger charge is 2.25. The summed E-state index contributed by atoms with van der Waals surface area (Å²) >= 11 is 1.70. The molecule has 0 aliphatic carbocycles. The van der Waals surface area contributed by atoms with E-state index in [4.69, 9.17) is 4.74 Å². The monoisotopic (exact) mass is 324 g/mol. The Bertz CT molecular complexity index is 475. The minimum atomic E-state index is 0.161. The van der Waals surface area contributed by atoms with E-state index in [0.717, 1.165) is 51.2 Å². The molecule has 4 nitrogen and oxygen atoms in total. The van der Waals surface area contributed by atoms with E-state index in [9.17, 15) is 4.79 Å². The molecule has 2 heterocycles. The number of amides is 1. The molecule has 0 unspecified atom stereocenters. The van der Waals surface area contributed by atoms with Crippen molar-refractivity contribution in [1.82, 2.24) is 9.80 Å². The summed E-state index contributed by atoms with van der Waals surface area (Å²) in [4.78, 5) is 18.1. The average molecular weight is 324 g/mol. The fourth-order valence-corrected chi connectivity index (χ4v) is 4.01. The van der Waals surface area contributed by atoms with Crippen molar-refractivity contribution < 1.29 is 9.53 Å². The van der Waals surface area contributed by atoms with E-state index in [1.54, 1.807) is 18.4 Å². The Morgan fingerprint density at radius 1 is 1.55 bits per heavy atom. The molecule has 5 heteroatoms. The van der Waals surface area contributed by atoms with Crippen LogP contribution in [-0.4, -0.2) is 62.7 Å². The molecule has 1 aliphatic heterocycles. The molecule has 0 bridgehead atoms. The predicted octanol–water partition coefficient (Wildman–Crippen LogP) is 2.74. The average Bonchev–Trinajstić information content (AvgIpc) is 3.14. The molecule has 1 fully saturated rings. The van der Waals surface area contributed by atoms with Gasteiger partial charge in [0.15, 0.2) is 0 Å². The van der Waals surface area contributed by atoms with Crippen molar-refractivity contribution >= 4 is 17.2 Å². The molecule has 1 saturated heterocycles. The summed E-state index contributed by atoms with van der Waals surface area (Å²) in [5.41, 5.74) is 0.852. The van der Waals surface area contributed by atoms with Crippen LogP contribution in [0.4, 0.5) is 0 Å². The van der Waals surface area contributed by atoms with Gasteiger partial charge in [-0.2, -0.15) is 0 Å². The fraction of sp³-hybridized carbons (Fsp3) is 0.706. The van der Waals surface area contributed by atoms with E-state index < -0.39 is 0 Å². The maximum absolute atomic E-state index is 12.5.